The van der Waals surface area contributed by atoms with Gasteiger partial charge in [0.1, 0.15) is 5.69 Å². The highest BCUT2D eigenvalue weighted by molar-refractivity contribution is 6.00. The van der Waals surface area contributed by atoms with Gasteiger partial charge in [-0.1, -0.05) is 43.2 Å². The summed E-state index contributed by atoms with van der Waals surface area (Å²) in [4.78, 5) is 30.9. The van der Waals surface area contributed by atoms with E-state index < -0.39 is 0 Å². The average molecular weight is 485 g/mol. The Kier molecular flexibility index (Phi) is 7.21. The summed E-state index contributed by atoms with van der Waals surface area (Å²) < 4.78 is 1.80. The molecule has 2 saturated heterocycles. The first-order valence-electron chi connectivity index (χ1n) is 13.3. The number of amides is 2. The lowest BCUT2D eigenvalue weighted by molar-refractivity contribution is -0.136. The zero-order valence-corrected chi connectivity index (χ0v) is 21.4. The summed E-state index contributed by atoms with van der Waals surface area (Å²) in [5.41, 5.74) is 5.57. The molecule has 0 saturated carbocycles. The van der Waals surface area contributed by atoms with Crippen LogP contribution < -0.4 is 0 Å². The minimum Gasteiger partial charge on any atom is -0.342 e. The Labute approximate surface area is 213 Å². The van der Waals surface area contributed by atoms with Gasteiger partial charge in [-0.15, -0.1) is 0 Å². The maximum absolute atomic E-state index is 13.8. The van der Waals surface area contributed by atoms with E-state index in [4.69, 9.17) is 5.10 Å². The van der Waals surface area contributed by atoms with Crippen LogP contribution in [0.5, 0.6) is 0 Å². The quantitative estimate of drug-likeness (QED) is 0.497. The van der Waals surface area contributed by atoms with Crippen LogP contribution in [0.15, 0.2) is 54.7 Å². The van der Waals surface area contributed by atoms with E-state index in [9.17, 15) is 9.59 Å². The predicted molar refractivity (Wildman–Crippen MR) is 142 cm³/mol. The summed E-state index contributed by atoms with van der Waals surface area (Å²) in [6, 6.07) is 16.1. The molecular formula is C30H36N4O2. The second-order valence-corrected chi connectivity index (χ2v) is 10.3. The third kappa shape index (κ3) is 5.08. The number of likely N-dealkylation sites (tertiary alicyclic amines) is 2. The van der Waals surface area contributed by atoms with Crippen molar-refractivity contribution in [2.24, 2.45) is 5.92 Å². The maximum Gasteiger partial charge on any atom is 0.257 e. The van der Waals surface area contributed by atoms with Gasteiger partial charge in [0.2, 0.25) is 5.91 Å². The molecule has 2 aromatic carbocycles. The number of piperidine rings is 1. The Hall–Kier alpha value is -3.41. The van der Waals surface area contributed by atoms with Crippen LogP contribution in [-0.4, -0.2) is 57.6 Å². The number of hydrogen-bond acceptors (Lipinski definition) is 3. The van der Waals surface area contributed by atoms with Crippen LogP contribution in [-0.2, 0) is 4.79 Å². The monoisotopic (exact) mass is 484 g/mol. The first-order chi connectivity index (χ1) is 17.5. The maximum atomic E-state index is 13.8. The lowest BCUT2D eigenvalue weighted by atomic mass is 9.94. The molecule has 2 fully saturated rings. The van der Waals surface area contributed by atoms with E-state index in [0.717, 1.165) is 50.0 Å². The molecule has 0 spiro atoms. The molecule has 188 valence electrons. The zero-order valence-electron chi connectivity index (χ0n) is 21.4. The number of carbonyl (C=O) groups excluding carboxylic acids is 2. The number of para-hydroxylation sites is 1. The molecule has 6 heteroatoms. The van der Waals surface area contributed by atoms with Crippen molar-refractivity contribution >= 4 is 11.8 Å². The molecule has 2 aliphatic heterocycles. The van der Waals surface area contributed by atoms with Crippen molar-refractivity contribution in [3.63, 3.8) is 0 Å². The average Bonchev–Trinajstić information content (AvgIpc) is 3.18. The highest BCUT2D eigenvalue weighted by Crippen LogP contribution is 2.29. The van der Waals surface area contributed by atoms with Crippen molar-refractivity contribution < 1.29 is 9.59 Å². The van der Waals surface area contributed by atoms with Gasteiger partial charge in [0.05, 0.1) is 11.3 Å². The van der Waals surface area contributed by atoms with Crippen molar-refractivity contribution in [1.29, 1.82) is 0 Å². The zero-order chi connectivity index (χ0) is 25.1. The number of hydrogen-bond donors (Lipinski definition) is 0. The molecular weight excluding hydrogens is 448 g/mol. The van der Waals surface area contributed by atoms with Gasteiger partial charge < -0.3 is 9.80 Å². The van der Waals surface area contributed by atoms with Gasteiger partial charge in [0, 0.05) is 43.9 Å². The van der Waals surface area contributed by atoms with Crippen molar-refractivity contribution in [1.82, 2.24) is 19.6 Å². The summed E-state index contributed by atoms with van der Waals surface area (Å²) in [6.45, 7) is 7.15. The standard InChI is InChI=1S/C30H36N4O2/c1-22-12-13-25(20-23(22)2)28-27(21-34(31-28)26-10-6-5-7-11-26)30(36)33-18-14-24(15-19-33)29(35)32-16-8-3-4-9-17-32/h5-7,10-13,20-21,24H,3-4,8-9,14-19H2,1-2H3. The van der Waals surface area contributed by atoms with E-state index in [-0.39, 0.29) is 17.7 Å². The Balaban J connectivity index is 1.37. The number of aromatic nitrogens is 2. The Bertz CT molecular complexity index is 1220. The van der Waals surface area contributed by atoms with Crippen LogP contribution in [0.4, 0.5) is 0 Å². The Morgan fingerprint density at radius 2 is 1.50 bits per heavy atom. The second kappa shape index (κ2) is 10.7. The van der Waals surface area contributed by atoms with Crippen LogP contribution in [0.3, 0.4) is 0 Å². The van der Waals surface area contributed by atoms with Gasteiger partial charge in [-0.3, -0.25) is 9.59 Å². The van der Waals surface area contributed by atoms with Gasteiger partial charge >= 0.3 is 0 Å². The van der Waals surface area contributed by atoms with E-state index in [2.05, 4.69) is 30.9 Å². The summed E-state index contributed by atoms with van der Waals surface area (Å²) in [7, 11) is 0. The molecule has 6 nitrogen and oxygen atoms in total. The number of rotatable bonds is 4. The van der Waals surface area contributed by atoms with Crippen molar-refractivity contribution in [2.75, 3.05) is 26.2 Å². The first-order valence-corrected chi connectivity index (χ1v) is 13.3. The number of benzene rings is 2. The van der Waals surface area contributed by atoms with Crippen LogP contribution in [0.2, 0.25) is 0 Å². The smallest absolute Gasteiger partial charge is 0.257 e. The van der Waals surface area contributed by atoms with Gasteiger partial charge in [0.25, 0.3) is 5.91 Å². The molecule has 2 aliphatic rings. The predicted octanol–water partition coefficient (Wildman–Crippen LogP) is 5.41. The summed E-state index contributed by atoms with van der Waals surface area (Å²) in [6.07, 6.45) is 7.97. The topological polar surface area (TPSA) is 58.4 Å². The molecule has 0 aliphatic carbocycles. The molecule has 1 aromatic heterocycles. The number of carbonyl (C=O) groups is 2. The van der Waals surface area contributed by atoms with Gasteiger partial charge in [0.15, 0.2) is 0 Å². The van der Waals surface area contributed by atoms with Crippen LogP contribution in [0.25, 0.3) is 16.9 Å². The lowest BCUT2D eigenvalue weighted by Crippen LogP contribution is -2.44. The third-order valence-corrected chi connectivity index (χ3v) is 7.79. The minimum absolute atomic E-state index is 0.00826. The molecule has 36 heavy (non-hydrogen) atoms. The van der Waals surface area contributed by atoms with E-state index in [1.165, 1.54) is 24.0 Å². The number of aryl methyl sites for hydroxylation is 2. The van der Waals surface area contributed by atoms with Crippen molar-refractivity contribution in [3.05, 3.63) is 71.4 Å². The van der Waals surface area contributed by atoms with E-state index >= 15 is 0 Å². The third-order valence-electron chi connectivity index (χ3n) is 7.79. The summed E-state index contributed by atoms with van der Waals surface area (Å²) in [5, 5.41) is 4.86. The second-order valence-electron chi connectivity index (χ2n) is 10.3. The molecule has 2 amide bonds. The van der Waals surface area contributed by atoms with Gasteiger partial charge in [-0.2, -0.15) is 5.10 Å². The van der Waals surface area contributed by atoms with Crippen LogP contribution >= 0.6 is 0 Å². The molecule has 0 N–H and O–H groups in total. The number of nitrogens with zero attached hydrogens (tertiary/aromatic N) is 4. The van der Waals surface area contributed by atoms with E-state index in [1.54, 1.807) is 4.68 Å². The van der Waals surface area contributed by atoms with Gasteiger partial charge in [-0.25, -0.2) is 4.68 Å². The minimum atomic E-state index is -0.00826. The first kappa shape index (κ1) is 24.3. The SMILES string of the molecule is Cc1ccc(-c2nn(-c3ccccc3)cc2C(=O)N2CCC(C(=O)N3CCCCCC3)CC2)cc1C. The molecule has 5 rings (SSSR count). The fourth-order valence-electron chi connectivity index (χ4n) is 5.39. The van der Waals surface area contributed by atoms with E-state index in [1.807, 2.05) is 47.5 Å². The highest BCUT2D eigenvalue weighted by atomic mass is 16.2. The van der Waals surface area contributed by atoms with Crippen molar-refractivity contribution in [2.45, 2.75) is 52.4 Å². The lowest BCUT2D eigenvalue weighted by Gasteiger charge is -2.34. The van der Waals surface area contributed by atoms with Crippen molar-refractivity contribution in [3.8, 4) is 16.9 Å². The Morgan fingerprint density at radius 3 is 2.17 bits per heavy atom. The summed E-state index contributed by atoms with van der Waals surface area (Å²) >= 11 is 0. The largest absolute Gasteiger partial charge is 0.342 e. The fourth-order valence-corrected chi connectivity index (χ4v) is 5.39. The molecule has 3 heterocycles. The molecule has 0 atom stereocenters. The fraction of sp³-hybridized carbons (Fsp3) is 0.433. The molecule has 0 unspecified atom stereocenters. The van der Waals surface area contributed by atoms with Gasteiger partial charge in [-0.05, 0) is 68.9 Å². The molecule has 0 radical (unpaired) electrons. The van der Waals surface area contributed by atoms with Crippen LogP contribution in [0.1, 0.15) is 60.0 Å². The normalized spacial score (nSPS) is 17.2. The highest BCUT2D eigenvalue weighted by Gasteiger charge is 2.32. The molecule has 3 aromatic rings. The molecule has 0 bridgehead atoms. The van der Waals surface area contributed by atoms with E-state index in [0.29, 0.717) is 24.3 Å². The summed E-state index contributed by atoms with van der Waals surface area (Å²) in [5.74, 6) is 0.307. The Morgan fingerprint density at radius 1 is 0.806 bits per heavy atom. The van der Waals surface area contributed by atoms with Crippen LogP contribution in [0, 0.1) is 19.8 Å².